The smallest absolute Gasteiger partial charge is 0.315 e. The molecular formula is C7H12ClNO3. The minimum atomic E-state index is -1.02. The second kappa shape index (κ2) is 5.97. The number of hydrogen-bond donors (Lipinski definition) is 2. The van der Waals surface area contributed by atoms with Crippen LogP contribution < -0.4 is 5.32 Å². The first-order valence-electron chi connectivity index (χ1n) is 3.56. The van der Waals surface area contributed by atoms with Crippen LogP contribution in [0.4, 0.5) is 0 Å². The van der Waals surface area contributed by atoms with E-state index in [1.165, 1.54) is 6.38 Å². The van der Waals surface area contributed by atoms with Gasteiger partial charge in [-0.3, -0.25) is 9.59 Å². The van der Waals surface area contributed by atoms with E-state index in [4.69, 9.17) is 5.11 Å². The standard InChI is InChI=1S/C6H9NO3.CH3Cl/c8-5-1-2-7-3-4(5)6(9)10;1-2/h4,7H,1-3H2,(H,9,10);1H3. The van der Waals surface area contributed by atoms with E-state index in [1.54, 1.807) is 0 Å². The summed E-state index contributed by atoms with van der Waals surface area (Å²) < 4.78 is 0. The number of Topliss-reactive ketones (excluding diaryl/α,β-unsaturated/α-hetero) is 1. The molecule has 4 nitrogen and oxygen atoms in total. The molecule has 0 aromatic heterocycles. The average molecular weight is 194 g/mol. The molecule has 12 heavy (non-hydrogen) atoms. The molecule has 0 aromatic rings. The number of piperidine rings is 1. The number of aliphatic carboxylic acids is 1. The number of nitrogens with one attached hydrogen (secondary N) is 1. The fourth-order valence-corrected chi connectivity index (χ4v) is 0.971. The van der Waals surface area contributed by atoms with Crippen LogP contribution in [0.2, 0.25) is 0 Å². The first kappa shape index (κ1) is 11.4. The van der Waals surface area contributed by atoms with Gasteiger partial charge in [0.1, 0.15) is 11.7 Å². The molecule has 1 aliphatic rings. The second-order valence-electron chi connectivity index (χ2n) is 2.31. The first-order valence-corrected chi connectivity index (χ1v) is 4.31. The number of halogens is 1. The molecule has 0 aliphatic carbocycles. The van der Waals surface area contributed by atoms with Gasteiger partial charge in [-0.25, -0.2) is 0 Å². The van der Waals surface area contributed by atoms with Crippen LogP contribution >= 0.6 is 11.6 Å². The summed E-state index contributed by atoms with van der Waals surface area (Å²) >= 11 is 4.64. The number of carbonyl (C=O) groups excluding carboxylic acids is 1. The first-order chi connectivity index (χ1) is 5.72. The third-order valence-corrected chi connectivity index (χ3v) is 1.58. The summed E-state index contributed by atoms with van der Waals surface area (Å²) in [6.07, 6.45) is 1.82. The second-order valence-corrected chi connectivity index (χ2v) is 2.31. The van der Waals surface area contributed by atoms with Gasteiger partial charge in [0.05, 0.1) is 0 Å². The maximum absolute atomic E-state index is 10.8. The van der Waals surface area contributed by atoms with Gasteiger partial charge in [0.25, 0.3) is 0 Å². The third kappa shape index (κ3) is 3.19. The molecule has 0 spiro atoms. The van der Waals surface area contributed by atoms with Gasteiger partial charge in [-0.15, -0.1) is 11.6 Å². The molecule has 0 aromatic carbocycles. The normalized spacial score (nSPS) is 22.5. The highest BCUT2D eigenvalue weighted by molar-refractivity contribution is 6.15. The molecule has 0 saturated carbocycles. The van der Waals surface area contributed by atoms with Crippen LogP contribution in [0.25, 0.3) is 0 Å². The Bertz CT molecular complexity index is 172. The van der Waals surface area contributed by atoms with E-state index >= 15 is 0 Å². The Kier molecular flexibility index (Phi) is 5.66. The van der Waals surface area contributed by atoms with Gasteiger partial charge >= 0.3 is 5.97 Å². The van der Waals surface area contributed by atoms with E-state index in [0.717, 1.165) is 0 Å². The van der Waals surface area contributed by atoms with Gasteiger partial charge in [-0.05, 0) is 0 Å². The highest BCUT2D eigenvalue weighted by Gasteiger charge is 2.27. The highest BCUT2D eigenvalue weighted by atomic mass is 35.5. The maximum Gasteiger partial charge on any atom is 0.315 e. The largest absolute Gasteiger partial charge is 0.481 e. The van der Waals surface area contributed by atoms with Crippen LogP contribution in [0, 0.1) is 5.92 Å². The molecule has 1 rings (SSSR count). The van der Waals surface area contributed by atoms with Gasteiger partial charge in [0.2, 0.25) is 0 Å². The van der Waals surface area contributed by atoms with E-state index in [0.29, 0.717) is 13.0 Å². The van der Waals surface area contributed by atoms with Crippen molar-refractivity contribution in [2.24, 2.45) is 5.92 Å². The number of hydrogen-bond acceptors (Lipinski definition) is 3. The topological polar surface area (TPSA) is 66.4 Å². The van der Waals surface area contributed by atoms with Gasteiger partial charge < -0.3 is 10.4 Å². The van der Waals surface area contributed by atoms with Gasteiger partial charge in [0.15, 0.2) is 0 Å². The SMILES string of the molecule is CCl.O=C(O)C1CNCCC1=O. The molecule has 0 amide bonds. The zero-order valence-electron chi connectivity index (χ0n) is 6.84. The molecule has 0 bridgehead atoms. The Labute approximate surface area is 75.9 Å². The Morgan fingerprint density at radius 1 is 1.67 bits per heavy atom. The zero-order chi connectivity index (χ0) is 9.56. The van der Waals surface area contributed by atoms with Crippen LogP contribution in [0.5, 0.6) is 0 Å². The Morgan fingerprint density at radius 2 is 2.25 bits per heavy atom. The van der Waals surface area contributed by atoms with Crippen LogP contribution in [0.3, 0.4) is 0 Å². The van der Waals surface area contributed by atoms with Gasteiger partial charge in [0, 0.05) is 25.9 Å². The minimum absolute atomic E-state index is 0.161. The fraction of sp³-hybridized carbons (Fsp3) is 0.714. The quantitative estimate of drug-likeness (QED) is 0.458. The number of ketones is 1. The van der Waals surface area contributed by atoms with Crippen molar-refractivity contribution in [3.63, 3.8) is 0 Å². The van der Waals surface area contributed by atoms with Gasteiger partial charge in [-0.1, -0.05) is 0 Å². The Balaban J connectivity index is 0.000000561. The van der Waals surface area contributed by atoms with E-state index in [9.17, 15) is 9.59 Å². The van der Waals surface area contributed by atoms with Crippen molar-refractivity contribution >= 4 is 23.4 Å². The highest BCUT2D eigenvalue weighted by Crippen LogP contribution is 2.04. The van der Waals surface area contributed by atoms with Crippen molar-refractivity contribution in [3.8, 4) is 0 Å². The molecule has 1 unspecified atom stereocenters. The molecule has 1 aliphatic heterocycles. The minimum Gasteiger partial charge on any atom is -0.481 e. The monoisotopic (exact) mass is 193 g/mol. The maximum atomic E-state index is 10.8. The van der Waals surface area contributed by atoms with E-state index in [-0.39, 0.29) is 12.3 Å². The van der Waals surface area contributed by atoms with Crippen molar-refractivity contribution in [2.75, 3.05) is 19.5 Å². The molecule has 0 radical (unpaired) electrons. The molecular weight excluding hydrogens is 182 g/mol. The van der Waals surface area contributed by atoms with Crippen molar-refractivity contribution in [1.82, 2.24) is 5.32 Å². The number of rotatable bonds is 1. The predicted octanol–water partition coefficient (Wildman–Crippen LogP) is 0.105. The van der Waals surface area contributed by atoms with E-state index in [1.807, 2.05) is 0 Å². The number of carboxylic acid groups (broad SMARTS) is 1. The summed E-state index contributed by atoms with van der Waals surface area (Å²) in [5.74, 6) is -1.99. The van der Waals surface area contributed by atoms with Crippen LogP contribution in [-0.2, 0) is 9.59 Å². The summed E-state index contributed by atoms with van der Waals surface area (Å²) in [5, 5.41) is 11.3. The molecule has 2 N–H and O–H groups in total. The lowest BCUT2D eigenvalue weighted by Gasteiger charge is -2.17. The van der Waals surface area contributed by atoms with Gasteiger partial charge in [-0.2, -0.15) is 0 Å². The van der Waals surface area contributed by atoms with Crippen molar-refractivity contribution in [3.05, 3.63) is 0 Å². The van der Waals surface area contributed by atoms with Crippen molar-refractivity contribution in [2.45, 2.75) is 6.42 Å². The molecule has 1 fully saturated rings. The van der Waals surface area contributed by atoms with E-state index < -0.39 is 11.9 Å². The number of carbonyl (C=O) groups is 2. The lowest BCUT2D eigenvalue weighted by molar-refractivity contribution is -0.146. The zero-order valence-corrected chi connectivity index (χ0v) is 7.60. The van der Waals surface area contributed by atoms with Crippen molar-refractivity contribution in [1.29, 1.82) is 0 Å². The Hall–Kier alpha value is -0.610. The predicted molar refractivity (Wildman–Crippen MR) is 45.4 cm³/mol. The van der Waals surface area contributed by atoms with Crippen LogP contribution in [0.1, 0.15) is 6.42 Å². The third-order valence-electron chi connectivity index (χ3n) is 1.58. The molecule has 1 saturated heterocycles. The van der Waals surface area contributed by atoms with Crippen LogP contribution in [0.15, 0.2) is 0 Å². The number of carboxylic acids is 1. The average Bonchev–Trinajstić information content (AvgIpc) is 2.08. The molecule has 5 heteroatoms. The number of alkyl halides is 1. The fourth-order valence-electron chi connectivity index (χ4n) is 0.971. The summed E-state index contributed by atoms with van der Waals surface area (Å²) in [6, 6.07) is 0. The molecule has 70 valence electrons. The van der Waals surface area contributed by atoms with Crippen LogP contribution in [-0.4, -0.2) is 36.3 Å². The molecule has 1 heterocycles. The summed E-state index contributed by atoms with van der Waals surface area (Å²) in [7, 11) is 0. The summed E-state index contributed by atoms with van der Waals surface area (Å²) in [6.45, 7) is 0.900. The van der Waals surface area contributed by atoms with E-state index in [2.05, 4.69) is 16.9 Å². The Morgan fingerprint density at radius 3 is 2.58 bits per heavy atom. The lowest BCUT2D eigenvalue weighted by atomic mass is 9.99. The summed E-state index contributed by atoms with van der Waals surface area (Å²) in [4.78, 5) is 21.1. The lowest BCUT2D eigenvalue weighted by Crippen LogP contribution is -2.41. The van der Waals surface area contributed by atoms with Crippen molar-refractivity contribution < 1.29 is 14.7 Å². The molecule has 1 atom stereocenters. The summed E-state index contributed by atoms with van der Waals surface area (Å²) in [5.41, 5.74) is 0.